The van der Waals surface area contributed by atoms with Gasteiger partial charge in [-0.1, -0.05) is 0 Å². The smallest absolute Gasteiger partial charge is 0.471 e. The van der Waals surface area contributed by atoms with Crippen molar-refractivity contribution in [2.24, 2.45) is 0 Å². The number of rotatable bonds is 5. The molecule has 19 heavy (non-hydrogen) atoms. The standard InChI is InChI=1S/C10H14F3NO5/c11-10(12,13)8(17)14-2-1-9(5-7(15)16)6-18-3-4-19-9/h1-6H2,(H,14,17)(H,15,16). The topological polar surface area (TPSA) is 84.9 Å². The van der Waals surface area contributed by atoms with Crippen LogP contribution in [0.1, 0.15) is 12.8 Å². The monoisotopic (exact) mass is 285 g/mol. The maximum absolute atomic E-state index is 12.0. The predicted octanol–water partition coefficient (Wildman–Crippen LogP) is 0.315. The highest BCUT2D eigenvalue weighted by atomic mass is 19.4. The fraction of sp³-hybridized carbons (Fsp3) is 0.800. The van der Waals surface area contributed by atoms with Gasteiger partial charge in [-0.15, -0.1) is 0 Å². The molecule has 0 spiro atoms. The van der Waals surface area contributed by atoms with E-state index in [1.165, 1.54) is 0 Å². The van der Waals surface area contributed by atoms with Gasteiger partial charge in [-0.25, -0.2) is 0 Å². The minimum absolute atomic E-state index is 0.0266. The Balaban J connectivity index is 2.50. The number of carbonyl (C=O) groups is 2. The van der Waals surface area contributed by atoms with Crippen LogP contribution in [0.4, 0.5) is 13.2 Å². The normalized spacial score (nSPS) is 23.9. The lowest BCUT2D eigenvalue weighted by Crippen LogP contribution is -2.48. The quantitative estimate of drug-likeness (QED) is 0.759. The van der Waals surface area contributed by atoms with Crippen LogP contribution in [0.25, 0.3) is 0 Å². The Bertz CT molecular complexity index is 339. The third-order valence-electron chi connectivity index (χ3n) is 2.60. The number of nitrogens with one attached hydrogen (secondary N) is 1. The van der Waals surface area contributed by atoms with E-state index in [4.69, 9.17) is 14.6 Å². The van der Waals surface area contributed by atoms with Crippen LogP contribution in [-0.2, 0) is 19.1 Å². The molecular weight excluding hydrogens is 271 g/mol. The average molecular weight is 285 g/mol. The van der Waals surface area contributed by atoms with Crippen molar-refractivity contribution >= 4 is 11.9 Å². The van der Waals surface area contributed by atoms with Gasteiger partial charge < -0.3 is 19.9 Å². The molecular formula is C10H14F3NO5. The van der Waals surface area contributed by atoms with Crippen LogP contribution in [0.2, 0.25) is 0 Å². The minimum atomic E-state index is -4.95. The van der Waals surface area contributed by atoms with Gasteiger partial charge in [0.1, 0.15) is 5.60 Å². The van der Waals surface area contributed by atoms with E-state index in [-0.39, 0.29) is 26.2 Å². The van der Waals surface area contributed by atoms with Gasteiger partial charge in [0.15, 0.2) is 0 Å². The molecule has 0 saturated carbocycles. The number of hydrogen-bond donors (Lipinski definition) is 2. The molecule has 2 N–H and O–H groups in total. The fourth-order valence-corrected chi connectivity index (χ4v) is 1.73. The minimum Gasteiger partial charge on any atom is -0.481 e. The lowest BCUT2D eigenvalue weighted by molar-refractivity contribution is -0.179. The number of amides is 1. The second kappa shape index (κ2) is 6.20. The summed E-state index contributed by atoms with van der Waals surface area (Å²) in [5, 5.41) is 10.4. The van der Waals surface area contributed by atoms with E-state index in [9.17, 15) is 22.8 Å². The summed E-state index contributed by atoms with van der Waals surface area (Å²) in [6, 6.07) is 0. The maximum Gasteiger partial charge on any atom is 0.471 e. The zero-order valence-electron chi connectivity index (χ0n) is 9.96. The number of halogens is 3. The van der Waals surface area contributed by atoms with Gasteiger partial charge in [0.05, 0.1) is 26.2 Å². The molecule has 1 aliphatic rings. The van der Waals surface area contributed by atoms with Gasteiger partial charge in [0.2, 0.25) is 0 Å². The number of alkyl halides is 3. The number of aliphatic carboxylic acids is 1. The van der Waals surface area contributed by atoms with E-state index < -0.39 is 30.1 Å². The van der Waals surface area contributed by atoms with E-state index in [1.54, 1.807) is 5.32 Å². The van der Waals surface area contributed by atoms with Crippen molar-refractivity contribution in [3.63, 3.8) is 0 Å². The summed E-state index contributed by atoms with van der Waals surface area (Å²) < 4.78 is 46.3. The molecule has 1 amide bonds. The molecule has 9 heteroatoms. The van der Waals surface area contributed by atoms with E-state index in [2.05, 4.69) is 0 Å². The number of hydrogen-bond acceptors (Lipinski definition) is 4. The van der Waals surface area contributed by atoms with Crippen molar-refractivity contribution in [3.05, 3.63) is 0 Å². The van der Waals surface area contributed by atoms with Crippen LogP contribution in [0, 0.1) is 0 Å². The highest BCUT2D eigenvalue weighted by molar-refractivity contribution is 5.81. The van der Waals surface area contributed by atoms with Crippen molar-refractivity contribution in [1.82, 2.24) is 5.32 Å². The van der Waals surface area contributed by atoms with Crippen molar-refractivity contribution < 1.29 is 37.3 Å². The molecule has 0 aromatic carbocycles. The molecule has 0 bridgehead atoms. The lowest BCUT2D eigenvalue weighted by Gasteiger charge is -2.36. The zero-order valence-corrected chi connectivity index (χ0v) is 9.96. The van der Waals surface area contributed by atoms with Gasteiger partial charge in [-0.2, -0.15) is 13.2 Å². The molecule has 0 aromatic rings. The van der Waals surface area contributed by atoms with Crippen LogP contribution in [-0.4, -0.2) is 55.1 Å². The molecule has 1 atom stereocenters. The largest absolute Gasteiger partial charge is 0.481 e. The first-order valence-corrected chi connectivity index (χ1v) is 5.54. The first kappa shape index (κ1) is 15.7. The van der Waals surface area contributed by atoms with Gasteiger partial charge in [0.25, 0.3) is 0 Å². The third-order valence-corrected chi connectivity index (χ3v) is 2.60. The van der Waals surface area contributed by atoms with E-state index in [0.717, 1.165) is 0 Å². The average Bonchev–Trinajstić information content (AvgIpc) is 2.27. The molecule has 1 heterocycles. The highest BCUT2D eigenvalue weighted by Gasteiger charge is 2.40. The predicted molar refractivity (Wildman–Crippen MR) is 55.4 cm³/mol. The fourth-order valence-electron chi connectivity index (χ4n) is 1.73. The van der Waals surface area contributed by atoms with Crippen LogP contribution < -0.4 is 5.32 Å². The molecule has 0 aromatic heterocycles. The Labute approximate surface area is 106 Å². The molecule has 1 saturated heterocycles. The summed E-state index contributed by atoms with van der Waals surface area (Å²) in [6.07, 6.45) is -5.42. The van der Waals surface area contributed by atoms with E-state index >= 15 is 0 Å². The second-order valence-corrected chi connectivity index (χ2v) is 4.16. The van der Waals surface area contributed by atoms with Gasteiger partial charge in [-0.05, 0) is 6.42 Å². The van der Waals surface area contributed by atoms with Crippen molar-refractivity contribution in [1.29, 1.82) is 0 Å². The maximum atomic E-state index is 12.0. The summed E-state index contributed by atoms with van der Waals surface area (Å²) in [6.45, 7) is 0.104. The van der Waals surface area contributed by atoms with Crippen molar-refractivity contribution in [3.8, 4) is 0 Å². The highest BCUT2D eigenvalue weighted by Crippen LogP contribution is 2.24. The van der Waals surface area contributed by atoms with E-state index in [1.807, 2.05) is 0 Å². The molecule has 0 aliphatic carbocycles. The van der Waals surface area contributed by atoms with Crippen molar-refractivity contribution in [2.75, 3.05) is 26.4 Å². The third kappa shape index (κ3) is 5.03. The number of carbonyl (C=O) groups excluding carboxylic acids is 1. The Morgan fingerprint density at radius 3 is 2.47 bits per heavy atom. The van der Waals surface area contributed by atoms with Gasteiger partial charge in [-0.3, -0.25) is 9.59 Å². The zero-order chi connectivity index (χ0) is 14.5. The Hall–Kier alpha value is -1.35. The van der Waals surface area contributed by atoms with E-state index in [0.29, 0.717) is 6.61 Å². The first-order valence-electron chi connectivity index (χ1n) is 5.54. The number of carboxylic acids is 1. The Kier molecular flexibility index (Phi) is 5.12. The Morgan fingerprint density at radius 1 is 1.32 bits per heavy atom. The molecule has 110 valence electrons. The number of carboxylic acid groups (broad SMARTS) is 1. The first-order chi connectivity index (χ1) is 8.75. The summed E-state index contributed by atoms with van der Waals surface area (Å²) >= 11 is 0. The molecule has 1 fully saturated rings. The summed E-state index contributed by atoms with van der Waals surface area (Å²) in [5.74, 6) is -3.21. The molecule has 1 unspecified atom stereocenters. The van der Waals surface area contributed by atoms with Crippen LogP contribution in [0.3, 0.4) is 0 Å². The summed E-state index contributed by atoms with van der Waals surface area (Å²) in [4.78, 5) is 21.3. The van der Waals surface area contributed by atoms with Crippen LogP contribution >= 0.6 is 0 Å². The summed E-state index contributed by atoms with van der Waals surface area (Å²) in [7, 11) is 0. The van der Waals surface area contributed by atoms with Gasteiger partial charge in [0, 0.05) is 6.54 Å². The van der Waals surface area contributed by atoms with Gasteiger partial charge >= 0.3 is 18.1 Å². The lowest BCUT2D eigenvalue weighted by atomic mass is 9.95. The number of ether oxygens (including phenoxy) is 2. The molecule has 1 rings (SSSR count). The van der Waals surface area contributed by atoms with Crippen LogP contribution in [0.5, 0.6) is 0 Å². The second-order valence-electron chi connectivity index (χ2n) is 4.16. The summed E-state index contributed by atoms with van der Waals surface area (Å²) in [5.41, 5.74) is -1.19. The van der Waals surface area contributed by atoms with Crippen LogP contribution in [0.15, 0.2) is 0 Å². The molecule has 0 radical (unpaired) electrons. The Morgan fingerprint density at radius 2 is 2.00 bits per heavy atom. The molecule has 6 nitrogen and oxygen atoms in total. The van der Waals surface area contributed by atoms with Crippen molar-refractivity contribution in [2.45, 2.75) is 24.6 Å². The SMILES string of the molecule is O=C(O)CC1(CCNC(=O)C(F)(F)F)COCCO1. The molecule has 1 aliphatic heterocycles.